The number of aliphatic hydroxyl groups is 1. The molecule has 1 atom stereocenters. The Labute approximate surface area is 223 Å². The van der Waals surface area contributed by atoms with E-state index < -0.39 is 24.5 Å². The maximum absolute atomic E-state index is 13.1. The van der Waals surface area contributed by atoms with Gasteiger partial charge in [0.25, 0.3) is 5.91 Å². The molecule has 0 bridgehead atoms. The summed E-state index contributed by atoms with van der Waals surface area (Å²) in [4.78, 5) is 34.2. The lowest BCUT2D eigenvalue weighted by Gasteiger charge is -2.15. The Morgan fingerprint density at radius 1 is 1.21 bits per heavy atom. The first-order valence-electron chi connectivity index (χ1n) is 11.8. The van der Waals surface area contributed by atoms with Crippen molar-refractivity contribution in [3.05, 3.63) is 75.9 Å². The molecule has 1 fully saturated rings. The van der Waals surface area contributed by atoms with E-state index in [1.165, 1.54) is 47.7 Å². The largest absolute Gasteiger partial charge is 0.416 e. The Morgan fingerprint density at radius 2 is 1.92 bits per heavy atom. The Kier molecular flexibility index (Phi) is 6.76. The topological polar surface area (TPSA) is 133 Å². The maximum Gasteiger partial charge on any atom is 0.416 e. The quantitative estimate of drug-likeness (QED) is 0.337. The van der Waals surface area contributed by atoms with Crippen LogP contribution in [0.25, 0.3) is 17.1 Å². The van der Waals surface area contributed by atoms with Gasteiger partial charge in [-0.1, -0.05) is 11.6 Å². The van der Waals surface area contributed by atoms with Crippen LogP contribution in [0.1, 0.15) is 35.9 Å². The Bertz CT molecular complexity index is 1570. The average molecular weight is 563 g/mol. The highest BCUT2D eigenvalue weighted by molar-refractivity contribution is 6.30. The SMILES string of the molecule is CC1(NC(=O)c2ccncc2-n2cnc(Cn3nc(-c4ccc(Cl)cc4)n(C[C@H](O)C(F)(F)F)c3=O)n2)CC1. The van der Waals surface area contributed by atoms with Crippen LogP contribution in [0.15, 0.2) is 53.8 Å². The number of carbonyl (C=O) groups excluding carboxylic acids is 1. The molecule has 2 N–H and O–H groups in total. The predicted octanol–water partition coefficient (Wildman–Crippen LogP) is 2.59. The van der Waals surface area contributed by atoms with E-state index in [0.29, 0.717) is 21.8 Å². The number of aliphatic hydroxyl groups excluding tert-OH is 1. The molecule has 0 radical (unpaired) electrons. The van der Waals surface area contributed by atoms with Crippen LogP contribution in [0, 0.1) is 0 Å². The molecule has 1 saturated carbocycles. The number of nitrogens with one attached hydrogen (secondary N) is 1. The Hall–Kier alpha value is -4.04. The van der Waals surface area contributed by atoms with Gasteiger partial charge in [0.15, 0.2) is 17.8 Å². The van der Waals surface area contributed by atoms with Crippen LogP contribution in [0.3, 0.4) is 0 Å². The van der Waals surface area contributed by atoms with E-state index in [-0.39, 0.29) is 29.6 Å². The molecule has 0 spiro atoms. The van der Waals surface area contributed by atoms with E-state index >= 15 is 0 Å². The van der Waals surface area contributed by atoms with Gasteiger partial charge in [-0.25, -0.2) is 19.1 Å². The lowest BCUT2D eigenvalue weighted by Crippen LogP contribution is -2.37. The normalized spacial score (nSPS) is 15.2. The minimum absolute atomic E-state index is 0.0980. The van der Waals surface area contributed by atoms with Crippen molar-refractivity contribution in [2.75, 3.05) is 0 Å². The first-order valence-corrected chi connectivity index (χ1v) is 12.2. The van der Waals surface area contributed by atoms with Gasteiger partial charge in [-0.3, -0.25) is 14.3 Å². The van der Waals surface area contributed by atoms with Crippen molar-refractivity contribution in [1.82, 2.24) is 39.4 Å². The van der Waals surface area contributed by atoms with Gasteiger partial charge in [0, 0.05) is 22.3 Å². The molecule has 3 aromatic heterocycles. The fourth-order valence-electron chi connectivity index (χ4n) is 3.83. The van der Waals surface area contributed by atoms with Gasteiger partial charge < -0.3 is 10.4 Å². The fourth-order valence-corrected chi connectivity index (χ4v) is 3.96. The number of aromatic nitrogens is 7. The minimum Gasteiger partial charge on any atom is -0.382 e. The first-order chi connectivity index (χ1) is 18.4. The molecule has 0 unspecified atom stereocenters. The summed E-state index contributed by atoms with van der Waals surface area (Å²) in [6.07, 6.45) is -1.71. The number of hydrogen-bond donors (Lipinski definition) is 2. The van der Waals surface area contributed by atoms with Gasteiger partial charge in [-0.05, 0) is 50.1 Å². The lowest BCUT2D eigenvalue weighted by atomic mass is 10.2. The third-order valence-corrected chi connectivity index (χ3v) is 6.55. The predicted molar refractivity (Wildman–Crippen MR) is 132 cm³/mol. The number of benzene rings is 1. The van der Waals surface area contributed by atoms with Gasteiger partial charge in [-0.15, -0.1) is 10.2 Å². The highest BCUT2D eigenvalue weighted by Crippen LogP contribution is 2.34. The molecule has 5 rings (SSSR count). The number of alkyl halides is 3. The molecular formula is C24H22ClF3N8O3. The number of halogens is 4. The van der Waals surface area contributed by atoms with E-state index in [0.717, 1.165) is 22.1 Å². The zero-order valence-corrected chi connectivity index (χ0v) is 21.2. The standard InChI is InChI=1S/C24H22ClF3N8O3/c1-23(7-8-23)31-21(38)16-6-9-29-10-17(16)36-13-30-19(32-36)12-35-22(39)34(11-18(37)24(26,27)28)20(33-35)14-2-4-15(25)5-3-14/h2-6,9-10,13,18,37H,7-8,11-12H2,1H3,(H,31,38)/t18-/m0/s1. The molecule has 39 heavy (non-hydrogen) atoms. The molecule has 0 aliphatic heterocycles. The van der Waals surface area contributed by atoms with Crippen LogP contribution in [-0.2, 0) is 13.1 Å². The summed E-state index contributed by atoms with van der Waals surface area (Å²) in [6.45, 7) is 0.596. The van der Waals surface area contributed by atoms with Crippen molar-refractivity contribution in [1.29, 1.82) is 0 Å². The number of carbonyl (C=O) groups is 1. The fraction of sp³-hybridized carbons (Fsp3) is 0.333. The van der Waals surface area contributed by atoms with Gasteiger partial charge in [0.05, 0.1) is 24.0 Å². The zero-order chi connectivity index (χ0) is 27.9. The second kappa shape index (κ2) is 9.93. The Morgan fingerprint density at radius 3 is 2.59 bits per heavy atom. The summed E-state index contributed by atoms with van der Waals surface area (Å²) in [6, 6.07) is 7.54. The van der Waals surface area contributed by atoms with Crippen LogP contribution in [0.4, 0.5) is 13.2 Å². The van der Waals surface area contributed by atoms with Gasteiger partial charge in [0.2, 0.25) is 0 Å². The van der Waals surface area contributed by atoms with Crippen molar-refractivity contribution in [2.45, 2.75) is 50.7 Å². The molecule has 4 aromatic rings. The lowest BCUT2D eigenvalue weighted by molar-refractivity contribution is -0.207. The summed E-state index contributed by atoms with van der Waals surface area (Å²) in [5.41, 5.74) is -0.155. The molecule has 1 amide bonds. The van der Waals surface area contributed by atoms with E-state index in [4.69, 9.17) is 11.6 Å². The van der Waals surface area contributed by atoms with Crippen molar-refractivity contribution in [3.63, 3.8) is 0 Å². The molecular weight excluding hydrogens is 541 g/mol. The van der Waals surface area contributed by atoms with E-state index in [1.807, 2.05) is 6.92 Å². The monoisotopic (exact) mass is 562 g/mol. The summed E-state index contributed by atoms with van der Waals surface area (Å²) in [5.74, 6) is -0.292. The van der Waals surface area contributed by atoms with E-state index in [9.17, 15) is 27.9 Å². The van der Waals surface area contributed by atoms with Crippen LogP contribution in [0.5, 0.6) is 0 Å². The van der Waals surface area contributed by atoms with Crippen LogP contribution < -0.4 is 11.0 Å². The Balaban J connectivity index is 1.45. The molecule has 1 aliphatic carbocycles. The van der Waals surface area contributed by atoms with Crippen molar-refractivity contribution in [3.8, 4) is 17.1 Å². The third-order valence-electron chi connectivity index (χ3n) is 6.30. The molecule has 15 heteroatoms. The number of pyridine rings is 1. The van der Waals surface area contributed by atoms with E-state index in [2.05, 4.69) is 25.5 Å². The molecule has 204 valence electrons. The highest BCUT2D eigenvalue weighted by atomic mass is 35.5. The molecule has 1 aromatic carbocycles. The minimum atomic E-state index is -4.94. The number of nitrogens with zero attached hydrogens (tertiary/aromatic N) is 7. The third kappa shape index (κ3) is 5.71. The second-order valence-corrected chi connectivity index (χ2v) is 9.89. The smallest absolute Gasteiger partial charge is 0.382 e. The number of rotatable bonds is 8. The summed E-state index contributed by atoms with van der Waals surface area (Å²) >= 11 is 5.91. The molecule has 11 nitrogen and oxygen atoms in total. The van der Waals surface area contributed by atoms with Crippen molar-refractivity contribution in [2.24, 2.45) is 0 Å². The van der Waals surface area contributed by atoms with Crippen molar-refractivity contribution < 1.29 is 23.1 Å². The number of amides is 1. The van der Waals surface area contributed by atoms with Crippen LogP contribution in [-0.4, -0.2) is 62.9 Å². The van der Waals surface area contributed by atoms with Gasteiger partial charge in [0.1, 0.15) is 12.9 Å². The zero-order valence-electron chi connectivity index (χ0n) is 20.4. The molecule has 1 aliphatic rings. The number of hydrogen-bond acceptors (Lipinski definition) is 7. The molecule has 0 saturated heterocycles. The summed E-state index contributed by atoms with van der Waals surface area (Å²) in [5, 5.41) is 21.5. The van der Waals surface area contributed by atoms with Crippen LogP contribution >= 0.6 is 11.6 Å². The average Bonchev–Trinajstić information content (AvgIpc) is 3.29. The van der Waals surface area contributed by atoms with E-state index in [1.54, 1.807) is 6.07 Å². The second-order valence-electron chi connectivity index (χ2n) is 9.45. The molecule has 3 heterocycles. The first kappa shape index (κ1) is 26.6. The maximum atomic E-state index is 13.1. The van der Waals surface area contributed by atoms with Crippen molar-refractivity contribution >= 4 is 17.5 Å². The van der Waals surface area contributed by atoms with Gasteiger partial charge >= 0.3 is 11.9 Å². The van der Waals surface area contributed by atoms with Gasteiger partial charge in [-0.2, -0.15) is 13.2 Å². The summed E-state index contributed by atoms with van der Waals surface area (Å²) < 4.78 is 42.2. The summed E-state index contributed by atoms with van der Waals surface area (Å²) in [7, 11) is 0. The highest BCUT2D eigenvalue weighted by Gasteiger charge is 2.40. The van der Waals surface area contributed by atoms with Crippen LogP contribution in [0.2, 0.25) is 5.02 Å².